The molecule has 3 nitrogen and oxygen atoms in total. The Morgan fingerprint density at radius 3 is 2.69 bits per heavy atom. The molecule has 0 radical (unpaired) electrons. The summed E-state index contributed by atoms with van der Waals surface area (Å²) in [7, 11) is 0. The third-order valence-corrected chi connectivity index (χ3v) is 2.70. The van der Waals surface area contributed by atoms with E-state index in [1.165, 1.54) is 12.1 Å². The van der Waals surface area contributed by atoms with Crippen molar-refractivity contribution < 1.29 is 0 Å². The van der Waals surface area contributed by atoms with Crippen LogP contribution < -0.4 is 16.4 Å². The molecule has 1 unspecified atom stereocenters. The fourth-order valence-corrected chi connectivity index (χ4v) is 1.78. The summed E-state index contributed by atoms with van der Waals surface area (Å²) in [5, 5.41) is 6.82. The lowest BCUT2D eigenvalue weighted by molar-refractivity contribution is 0.793. The van der Waals surface area contributed by atoms with E-state index in [0.29, 0.717) is 6.04 Å². The maximum Gasteiger partial charge on any atom is 0.0398 e. The Bertz CT molecular complexity index is 325. The van der Waals surface area contributed by atoms with Crippen LogP contribution in [-0.2, 0) is 0 Å². The van der Waals surface area contributed by atoms with Crippen LogP contribution in [0.1, 0.15) is 12.0 Å². The molecule has 1 aliphatic heterocycles. The van der Waals surface area contributed by atoms with Crippen LogP contribution >= 0.6 is 24.8 Å². The van der Waals surface area contributed by atoms with Gasteiger partial charge in [0.25, 0.3) is 0 Å². The molecule has 1 heterocycles. The molecule has 2 rings (SSSR count). The molecule has 0 aromatic heterocycles. The number of halogens is 2. The van der Waals surface area contributed by atoms with E-state index in [2.05, 4.69) is 16.7 Å². The first-order valence-electron chi connectivity index (χ1n) is 5.09. The molecule has 5 heteroatoms. The van der Waals surface area contributed by atoms with E-state index in [1.54, 1.807) is 0 Å². The van der Waals surface area contributed by atoms with Crippen molar-refractivity contribution in [3.8, 4) is 0 Å². The second-order valence-electron chi connectivity index (χ2n) is 3.91. The van der Waals surface area contributed by atoms with Gasteiger partial charge in [-0.3, -0.25) is 0 Å². The molecule has 4 N–H and O–H groups in total. The van der Waals surface area contributed by atoms with Crippen LogP contribution in [0.25, 0.3) is 0 Å². The van der Waals surface area contributed by atoms with Gasteiger partial charge in [0, 0.05) is 24.0 Å². The zero-order valence-corrected chi connectivity index (χ0v) is 11.0. The summed E-state index contributed by atoms with van der Waals surface area (Å²) < 4.78 is 0. The summed E-state index contributed by atoms with van der Waals surface area (Å²) in [6.45, 7) is 4.21. The van der Waals surface area contributed by atoms with Gasteiger partial charge in [0.05, 0.1) is 0 Å². The Labute approximate surface area is 109 Å². The average Bonchev–Trinajstić information content (AvgIpc) is 2.64. The predicted octanol–water partition coefficient (Wildman–Crippen LogP) is 2.19. The topological polar surface area (TPSA) is 50.1 Å². The van der Waals surface area contributed by atoms with E-state index in [-0.39, 0.29) is 24.8 Å². The van der Waals surface area contributed by atoms with Gasteiger partial charge >= 0.3 is 0 Å². The standard InChI is InChI=1S/C11H17N3.2ClH/c1-8-6-9(2-3-11(8)12)14-10-4-5-13-7-10;;/h2-3,6,10,13-14H,4-5,7,12H2,1H3;2*1H. The zero-order chi connectivity index (χ0) is 9.97. The minimum atomic E-state index is 0. The van der Waals surface area contributed by atoms with Crippen molar-refractivity contribution in [3.63, 3.8) is 0 Å². The summed E-state index contributed by atoms with van der Waals surface area (Å²) in [6, 6.07) is 6.67. The first-order chi connectivity index (χ1) is 6.75. The fraction of sp³-hybridized carbons (Fsp3) is 0.455. The van der Waals surface area contributed by atoms with Gasteiger partial charge in [-0.2, -0.15) is 0 Å². The van der Waals surface area contributed by atoms with Crippen LogP contribution in [-0.4, -0.2) is 19.1 Å². The van der Waals surface area contributed by atoms with E-state index >= 15 is 0 Å². The van der Waals surface area contributed by atoms with Gasteiger partial charge in [0.15, 0.2) is 0 Å². The Morgan fingerprint density at radius 2 is 2.12 bits per heavy atom. The molecule has 1 aliphatic rings. The maximum atomic E-state index is 5.76. The second-order valence-corrected chi connectivity index (χ2v) is 3.91. The number of rotatable bonds is 2. The molecule has 1 aromatic carbocycles. The molecule has 1 aromatic rings. The van der Waals surface area contributed by atoms with Crippen molar-refractivity contribution in [2.75, 3.05) is 24.1 Å². The van der Waals surface area contributed by atoms with Gasteiger partial charge in [0.2, 0.25) is 0 Å². The van der Waals surface area contributed by atoms with Crippen LogP contribution in [0.3, 0.4) is 0 Å². The number of nitrogen functional groups attached to an aromatic ring is 1. The SMILES string of the molecule is Cc1cc(NC2CCNC2)ccc1N.Cl.Cl. The lowest BCUT2D eigenvalue weighted by Crippen LogP contribution is -2.22. The number of hydrogen-bond donors (Lipinski definition) is 3. The quantitative estimate of drug-likeness (QED) is 0.718. The van der Waals surface area contributed by atoms with Crippen LogP contribution in [0, 0.1) is 6.92 Å². The predicted molar refractivity (Wildman–Crippen MR) is 75.0 cm³/mol. The van der Waals surface area contributed by atoms with Gasteiger partial charge in [0.1, 0.15) is 0 Å². The highest BCUT2D eigenvalue weighted by Crippen LogP contribution is 2.18. The van der Waals surface area contributed by atoms with Gasteiger partial charge in [-0.05, 0) is 43.7 Å². The Morgan fingerprint density at radius 1 is 1.38 bits per heavy atom. The molecule has 1 atom stereocenters. The molecular weight excluding hydrogens is 245 g/mol. The number of anilines is 2. The molecule has 0 saturated carbocycles. The van der Waals surface area contributed by atoms with Crippen molar-refractivity contribution in [1.29, 1.82) is 0 Å². The highest BCUT2D eigenvalue weighted by atomic mass is 35.5. The number of aryl methyl sites for hydroxylation is 1. The van der Waals surface area contributed by atoms with Crippen molar-refractivity contribution in [3.05, 3.63) is 23.8 Å². The molecule has 1 saturated heterocycles. The van der Waals surface area contributed by atoms with Crippen LogP contribution in [0.4, 0.5) is 11.4 Å². The largest absolute Gasteiger partial charge is 0.399 e. The second kappa shape index (κ2) is 6.84. The van der Waals surface area contributed by atoms with Crippen molar-refractivity contribution in [2.45, 2.75) is 19.4 Å². The van der Waals surface area contributed by atoms with Gasteiger partial charge in [-0.15, -0.1) is 24.8 Å². The zero-order valence-electron chi connectivity index (χ0n) is 9.32. The monoisotopic (exact) mass is 263 g/mol. The third-order valence-electron chi connectivity index (χ3n) is 2.70. The van der Waals surface area contributed by atoms with Crippen molar-refractivity contribution in [2.24, 2.45) is 0 Å². The number of nitrogens with two attached hydrogens (primary N) is 1. The normalized spacial score (nSPS) is 18.4. The van der Waals surface area contributed by atoms with E-state index in [1.807, 2.05) is 19.1 Å². The van der Waals surface area contributed by atoms with E-state index in [4.69, 9.17) is 5.73 Å². The fourth-order valence-electron chi connectivity index (χ4n) is 1.78. The summed E-state index contributed by atoms with van der Waals surface area (Å²) in [6.07, 6.45) is 1.20. The third kappa shape index (κ3) is 3.74. The summed E-state index contributed by atoms with van der Waals surface area (Å²) >= 11 is 0. The summed E-state index contributed by atoms with van der Waals surface area (Å²) in [5.41, 5.74) is 8.93. The molecule has 92 valence electrons. The Kier molecular flexibility index (Phi) is 6.56. The van der Waals surface area contributed by atoms with Crippen LogP contribution in [0.2, 0.25) is 0 Å². The van der Waals surface area contributed by atoms with Crippen LogP contribution in [0.15, 0.2) is 18.2 Å². The summed E-state index contributed by atoms with van der Waals surface area (Å²) in [5.74, 6) is 0. The van der Waals surface area contributed by atoms with Crippen molar-refractivity contribution in [1.82, 2.24) is 5.32 Å². The highest BCUT2D eigenvalue weighted by molar-refractivity contribution is 5.85. The number of nitrogens with one attached hydrogen (secondary N) is 2. The average molecular weight is 264 g/mol. The first kappa shape index (κ1) is 15.4. The molecule has 0 bridgehead atoms. The van der Waals surface area contributed by atoms with Gasteiger partial charge in [-0.1, -0.05) is 0 Å². The minimum absolute atomic E-state index is 0. The van der Waals surface area contributed by atoms with E-state index in [0.717, 1.165) is 24.3 Å². The van der Waals surface area contributed by atoms with Crippen LogP contribution in [0.5, 0.6) is 0 Å². The lowest BCUT2D eigenvalue weighted by Gasteiger charge is -2.13. The van der Waals surface area contributed by atoms with Gasteiger partial charge < -0.3 is 16.4 Å². The Hall–Kier alpha value is -0.640. The van der Waals surface area contributed by atoms with Gasteiger partial charge in [-0.25, -0.2) is 0 Å². The van der Waals surface area contributed by atoms with E-state index in [9.17, 15) is 0 Å². The highest BCUT2D eigenvalue weighted by Gasteiger charge is 2.13. The molecule has 16 heavy (non-hydrogen) atoms. The molecule has 1 fully saturated rings. The number of hydrogen-bond acceptors (Lipinski definition) is 3. The Balaban J connectivity index is 0.00000112. The van der Waals surface area contributed by atoms with Crippen molar-refractivity contribution >= 4 is 36.2 Å². The molecule has 0 aliphatic carbocycles. The summed E-state index contributed by atoms with van der Waals surface area (Å²) in [4.78, 5) is 0. The smallest absolute Gasteiger partial charge is 0.0398 e. The molecule has 0 spiro atoms. The number of benzene rings is 1. The molecular formula is C11H19Cl2N3. The minimum Gasteiger partial charge on any atom is -0.399 e. The molecule has 0 amide bonds. The first-order valence-corrected chi connectivity index (χ1v) is 5.09. The van der Waals surface area contributed by atoms with E-state index < -0.39 is 0 Å². The maximum absolute atomic E-state index is 5.76. The lowest BCUT2D eigenvalue weighted by atomic mass is 10.1.